The monoisotopic (exact) mass is 133 g/mol. The van der Waals surface area contributed by atoms with Crippen LogP contribution >= 0.6 is 0 Å². The molecule has 2 nitrogen and oxygen atoms in total. The van der Waals surface area contributed by atoms with Crippen LogP contribution in [-0.4, -0.2) is 4.98 Å². The fraction of sp³-hybridized carbons (Fsp3) is 0.375. The molecule has 0 amide bonds. The van der Waals surface area contributed by atoms with E-state index in [0.29, 0.717) is 11.6 Å². The summed E-state index contributed by atoms with van der Waals surface area (Å²) in [6.45, 7) is 0. The number of nitrogens with zero attached hydrogens (tertiary/aromatic N) is 1. The number of aromatic nitrogens is 1. The minimum atomic E-state index is 0.563. The summed E-state index contributed by atoms with van der Waals surface area (Å²) in [5, 5.41) is 0. The molecule has 2 heteroatoms. The molecule has 0 bridgehead atoms. The SMILES string of the molecule is C#Cc1ncoc1C1CC1. The van der Waals surface area contributed by atoms with E-state index >= 15 is 0 Å². The second-order valence-electron chi connectivity index (χ2n) is 2.48. The molecule has 1 aromatic rings. The van der Waals surface area contributed by atoms with Crippen LogP contribution in [0.15, 0.2) is 10.8 Å². The van der Waals surface area contributed by atoms with Gasteiger partial charge in [-0.05, 0) is 18.8 Å². The van der Waals surface area contributed by atoms with Crippen molar-refractivity contribution in [1.29, 1.82) is 0 Å². The van der Waals surface area contributed by atoms with Gasteiger partial charge in [-0.3, -0.25) is 0 Å². The first kappa shape index (κ1) is 5.55. The van der Waals surface area contributed by atoms with E-state index in [1.165, 1.54) is 19.2 Å². The van der Waals surface area contributed by atoms with Crippen LogP contribution in [0.25, 0.3) is 0 Å². The van der Waals surface area contributed by atoms with Crippen molar-refractivity contribution in [2.24, 2.45) is 0 Å². The zero-order chi connectivity index (χ0) is 6.97. The van der Waals surface area contributed by atoms with Gasteiger partial charge in [0.1, 0.15) is 5.76 Å². The van der Waals surface area contributed by atoms with Gasteiger partial charge in [0, 0.05) is 5.92 Å². The van der Waals surface area contributed by atoms with Crippen LogP contribution in [0, 0.1) is 12.3 Å². The summed E-state index contributed by atoms with van der Waals surface area (Å²) in [6.07, 6.45) is 9.00. The van der Waals surface area contributed by atoms with E-state index in [4.69, 9.17) is 10.8 Å². The van der Waals surface area contributed by atoms with Crippen LogP contribution in [0.4, 0.5) is 0 Å². The van der Waals surface area contributed by atoms with E-state index in [9.17, 15) is 0 Å². The molecule has 0 spiro atoms. The molecule has 0 aromatic carbocycles. The summed E-state index contributed by atoms with van der Waals surface area (Å²) >= 11 is 0. The molecule has 0 unspecified atom stereocenters. The third-order valence-electron chi connectivity index (χ3n) is 1.68. The minimum absolute atomic E-state index is 0.563. The topological polar surface area (TPSA) is 26.0 Å². The quantitative estimate of drug-likeness (QED) is 0.543. The molecular weight excluding hydrogens is 126 g/mol. The molecule has 1 aliphatic rings. The summed E-state index contributed by atoms with van der Waals surface area (Å²) in [5.74, 6) is 3.96. The van der Waals surface area contributed by atoms with Crippen molar-refractivity contribution in [1.82, 2.24) is 4.98 Å². The first-order valence-corrected chi connectivity index (χ1v) is 3.32. The van der Waals surface area contributed by atoms with E-state index in [0.717, 1.165) is 5.76 Å². The Morgan fingerprint density at radius 1 is 1.70 bits per heavy atom. The fourth-order valence-corrected chi connectivity index (χ4v) is 0.999. The van der Waals surface area contributed by atoms with Gasteiger partial charge in [0.15, 0.2) is 12.1 Å². The summed E-state index contributed by atoms with van der Waals surface area (Å²) in [4.78, 5) is 3.89. The first-order valence-electron chi connectivity index (χ1n) is 3.32. The van der Waals surface area contributed by atoms with Crippen molar-refractivity contribution in [3.8, 4) is 12.3 Å². The zero-order valence-corrected chi connectivity index (χ0v) is 5.50. The molecule has 0 aliphatic heterocycles. The van der Waals surface area contributed by atoms with Crippen LogP contribution in [0.3, 0.4) is 0 Å². The van der Waals surface area contributed by atoms with Crippen molar-refractivity contribution in [2.45, 2.75) is 18.8 Å². The molecular formula is C8H7NO. The molecule has 0 saturated heterocycles. The highest BCUT2D eigenvalue weighted by molar-refractivity contribution is 5.31. The maximum atomic E-state index is 5.19. The summed E-state index contributed by atoms with van der Waals surface area (Å²) < 4.78 is 5.13. The molecule has 1 aliphatic carbocycles. The second-order valence-corrected chi connectivity index (χ2v) is 2.48. The minimum Gasteiger partial charge on any atom is -0.447 e. The first-order chi connectivity index (χ1) is 4.92. The smallest absolute Gasteiger partial charge is 0.182 e. The molecule has 1 aromatic heterocycles. The fourth-order valence-electron chi connectivity index (χ4n) is 0.999. The average molecular weight is 133 g/mol. The Balaban J connectivity index is 2.40. The molecule has 1 saturated carbocycles. The highest BCUT2D eigenvalue weighted by atomic mass is 16.3. The lowest BCUT2D eigenvalue weighted by Crippen LogP contribution is -1.80. The van der Waals surface area contributed by atoms with Gasteiger partial charge in [0.25, 0.3) is 0 Å². The van der Waals surface area contributed by atoms with Gasteiger partial charge in [0.2, 0.25) is 0 Å². The van der Waals surface area contributed by atoms with Crippen LogP contribution < -0.4 is 0 Å². The van der Waals surface area contributed by atoms with Gasteiger partial charge < -0.3 is 4.42 Å². The van der Waals surface area contributed by atoms with E-state index in [1.54, 1.807) is 0 Å². The van der Waals surface area contributed by atoms with Crippen molar-refractivity contribution >= 4 is 0 Å². The van der Waals surface area contributed by atoms with Crippen LogP contribution in [0.1, 0.15) is 30.2 Å². The Morgan fingerprint density at radius 3 is 3.10 bits per heavy atom. The Morgan fingerprint density at radius 2 is 2.50 bits per heavy atom. The van der Waals surface area contributed by atoms with Gasteiger partial charge in [-0.15, -0.1) is 6.42 Å². The maximum absolute atomic E-state index is 5.19. The van der Waals surface area contributed by atoms with Gasteiger partial charge in [-0.2, -0.15) is 0 Å². The van der Waals surface area contributed by atoms with E-state index in [2.05, 4.69) is 10.9 Å². The zero-order valence-electron chi connectivity index (χ0n) is 5.50. The molecule has 2 rings (SSSR count). The molecule has 1 heterocycles. The molecule has 0 N–H and O–H groups in total. The lowest BCUT2D eigenvalue weighted by molar-refractivity contribution is 0.505. The third kappa shape index (κ3) is 0.714. The molecule has 10 heavy (non-hydrogen) atoms. The van der Waals surface area contributed by atoms with Crippen LogP contribution in [-0.2, 0) is 0 Å². The number of rotatable bonds is 1. The van der Waals surface area contributed by atoms with Crippen LogP contribution in [0.5, 0.6) is 0 Å². The van der Waals surface area contributed by atoms with Gasteiger partial charge in [-0.25, -0.2) is 4.98 Å². The summed E-state index contributed by atoms with van der Waals surface area (Å²) in [7, 11) is 0. The van der Waals surface area contributed by atoms with Crippen molar-refractivity contribution in [2.75, 3.05) is 0 Å². The predicted molar refractivity (Wildman–Crippen MR) is 36.4 cm³/mol. The predicted octanol–water partition coefficient (Wildman–Crippen LogP) is 1.53. The molecule has 0 radical (unpaired) electrons. The normalized spacial score (nSPS) is 16.7. The highest BCUT2D eigenvalue weighted by Gasteiger charge is 2.29. The van der Waals surface area contributed by atoms with Crippen molar-refractivity contribution in [3.05, 3.63) is 17.8 Å². The lowest BCUT2D eigenvalue weighted by Gasteiger charge is -1.86. The van der Waals surface area contributed by atoms with Gasteiger partial charge >= 0.3 is 0 Å². The number of oxazole rings is 1. The number of terminal acetylenes is 1. The van der Waals surface area contributed by atoms with Crippen LogP contribution in [0.2, 0.25) is 0 Å². The molecule has 1 fully saturated rings. The Bertz CT molecular complexity index is 278. The molecule has 0 atom stereocenters. The third-order valence-corrected chi connectivity index (χ3v) is 1.68. The largest absolute Gasteiger partial charge is 0.447 e. The second kappa shape index (κ2) is 1.88. The Kier molecular flexibility index (Phi) is 1.04. The summed E-state index contributed by atoms with van der Waals surface area (Å²) in [6, 6.07) is 0. The van der Waals surface area contributed by atoms with Gasteiger partial charge in [-0.1, -0.05) is 0 Å². The number of hydrogen-bond acceptors (Lipinski definition) is 2. The Hall–Kier alpha value is -1.23. The maximum Gasteiger partial charge on any atom is 0.182 e. The Labute approximate surface area is 59.3 Å². The highest BCUT2D eigenvalue weighted by Crippen LogP contribution is 2.41. The lowest BCUT2D eigenvalue weighted by atomic mass is 10.2. The average Bonchev–Trinajstić information content (AvgIpc) is 2.69. The van der Waals surface area contributed by atoms with E-state index in [1.807, 2.05) is 0 Å². The van der Waals surface area contributed by atoms with Gasteiger partial charge in [0.05, 0.1) is 0 Å². The van der Waals surface area contributed by atoms with Crippen molar-refractivity contribution < 1.29 is 4.42 Å². The number of hydrogen-bond donors (Lipinski definition) is 0. The van der Waals surface area contributed by atoms with Crippen molar-refractivity contribution in [3.63, 3.8) is 0 Å². The summed E-state index contributed by atoms with van der Waals surface area (Å²) in [5.41, 5.74) is 0.683. The molecule has 50 valence electrons. The van der Waals surface area contributed by atoms with E-state index < -0.39 is 0 Å². The van der Waals surface area contributed by atoms with E-state index in [-0.39, 0.29) is 0 Å². The standard InChI is InChI=1S/C8H7NO/c1-2-7-8(6-3-4-6)10-5-9-7/h1,5-6H,3-4H2.